The molecule has 2 amide bonds. The van der Waals surface area contributed by atoms with Crippen molar-refractivity contribution in [2.75, 3.05) is 19.6 Å². The average Bonchev–Trinajstić information content (AvgIpc) is 3.01. The van der Waals surface area contributed by atoms with Crippen molar-refractivity contribution in [3.05, 3.63) is 70.3 Å². The lowest BCUT2D eigenvalue weighted by molar-refractivity contribution is -0.156. The van der Waals surface area contributed by atoms with Gasteiger partial charge >= 0.3 is 5.97 Å². The minimum absolute atomic E-state index is 0.0496. The minimum Gasteiger partial charge on any atom is -0.459 e. The number of unbranched alkanes of at least 4 members (excludes halogenated alkanes) is 3. The molecule has 2 aromatic rings. The third-order valence-electron chi connectivity index (χ3n) is 8.59. The fourth-order valence-electron chi connectivity index (χ4n) is 6.16. The van der Waals surface area contributed by atoms with Gasteiger partial charge in [0.25, 0.3) is 0 Å². The van der Waals surface area contributed by atoms with Gasteiger partial charge in [-0.2, -0.15) is 0 Å². The first-order valence-electron chi connectivity index (χ1n) is 18.6. The highest BCUT2D eigenvalue weighted by Crippen LogP contribution is 2.36. The Bertz CT molecular complexity index is 1280. The number of nitrogens with two attached hydrogens (primary N) is 2. The van der Waals surface area contributed by atoms with Crippen molar-refractivity contribution in [2.24, 2.45) is 23.3 Å². The zero-order valence-corrected chi connectivity index (χ0v) is 31.5. The number of amides is 2. The molecule has 8 heteroatoms. The molecular formula is C41H66N4O4. The molecule has 0 heterocycles. The summed E-state index contributed by atoms with van der Waals surface area (Å²) in [5, 5.41) is 6.05. The van der Waals surface area contributed by atoms with E-state index < -0.39 is 11.6 Å². The Morgan fingerprint density at radius 2 is 1.43 bits per heavy atom. The summed E-state index contributed by atoms with van der Waals surface area (Å²) in [6, 6.07) is 14.8. The van der Waals surface area contributed by atoms with Crippen LogP contribution < -0.4 is 22.1 Å². The maximum absolute atomic E-state index is 12.6. The molecule has 0 aliphatic carbocycles. The van der Waals surface area contributed by atoms with Crippen molar-refractivity contribution >= 4 is 17.8 Å². The summed E-state index contributed by atoms with van der Waals surface area (Å²) >= 11 is 0. The van der Waals surface area contributed by atoms with E-state index in [2.05, 4.69) is 80.8 Å². The monoisotopic (exact) mass is 679 g/mol. The molecule has 0 aromatic heterocycles. The predicted molar refractivity (Wildman–Crippen MR) is 201 cm³/mol. The van der Waals surface area contributed by atoms with Crippen molar-refractivity contribution in [3.8, 4) is 0 Å². The van der Waals surface area contributed by atoms with Gasteiger partial charge in [-0.1, -0.05) is 76.6 Å². The van der Waals surface area contributed by atoms with E-state index in [0.717, 1.165) is 56.9 Å². The molecule has 0 spiro atoms. The van der Waals surface area contributed by atoms with Crippen LogP contribution in [0.2, 0.25) is 0 Å². The van der Waals surface area contributed by atoms with Gasteiger partial charge in [0, 0.05) is 25.4 Å². The van der Waals surface area contributed by atoms with Gasteiger partial charge in [-0.15, -0.1) is 0 Å². The van der Waals surface area contributed by atoms with Crippen LogP contribution in [0.25, 0.3) is 0 Å². The first kappa shape index (κ1) is 41.9. The van der Waals surface area contributed by atoms with E-state index in [1.807, 2.05) is 20.8 Å². The van der Waals surface area contributed by atoms with Crippen LogP contribution in [0, 0.1) is 11.8 Å². The lowest BCUT2D eigenvalue weighted by Crippen LogP contribution is -2.37. The summed E-state index contributed by atoms with van der Waals surface area (Å²) in [6.45, 7) is 16.5. The Balaban J connectivity index is 1.96. The van der Waals surface area contributed by atoms with Crippen LogP contribution in [0.1, 0.15) is 134 Å². The average molecular weight is 679 g/mol. The van der Waals surface area contributed by atoms with Crippen LogP contribution >= 0.6 is 0 Å². The SMILES string of the molecule is CC(C)Cc1ccc(CCCC(=O)NCCCC[C@@H](N)C(=O)OC(C)(C)C)cc1C(c1ccc(CC(=O)NCCCCCN)cc1)C(C)C. The lowest BCUT2D eigenvalue weighted by atomic mass is 9.78. The number of rotatable bonds is 22. The van der Waals surface area contributed by atoms with Gasteiger partial charge in [0.05, 0.1) is 6.42 Å². The van der Waals surface area contributed by atoms with Crippen molar-refractivity contribution in [3.63, 3.8) is 0 Å². The molecule has 2 aromatic carbocycles. The Hall–Kier alpha value is -3.23. The van der Waals surface area contributed by atoms with Crippen molar-refractivity contribution in [1.29, 1.82) is 0 Å². The largest absolute Gasteiger partial charge is 0.459 e. The number of benzene rings is 2. The predicted octanol–water partition coefficient (Wildman–Crippen LogP) is 6.74. The molecule has 274 valence electrons. The molecular weight excluding hydrogens is 612 g/mol. The van der Waals surface area contributed by atoms with Crippen LogP contribution in [0.3, 0.4) is 0 Å². The summed E-state index contributed by atoms with van der Waals surface area (Å²) in [5.41, 5.74) is 17.2. The molecule has 2 rings (SSSR count). The Kier molecular flexibility index (Phi) is 18.6. The molecule has 0 saturated carbocycles. The standard InChI is InChI=1S/C41H66N4O4/c1-29(2)26-34-22-19-31(14-13-16-37(46)44-25-12-9-15-36(43)40(48)49-41(5,6)7)27-35(34)39(30(3)4)33-20-17-32(18-21-33)28-38(47)45-24-11-8-10-23-42/h17-22,27,29-30,36,39H,8-16,23-26,28,42-43H2,1-7H3,(H,44,46)(H,45,47)/t36-,39?/m1/s1. The molecule has 0 fully saturated rings. The van der Waals surface area contributed by atoms with Gasteiger partial charge in [-0.3, -0.25) is 14.4 Å². The van der Waals surface area contributed by atoms with E-state index in [1.165, 1.54) is 22.3 Å². The van der Waals surface area contributed by atoms with Crippen molar-refractivity contribution in [2.45, 2.75) is 137 Å². The topological polar surface area (TPSA) is 137 Å². The van der Waals surface area contributed by atoms with E-state index in [4.69, 9.17) is 16.2 Å². The molecule has 0 saturated heterocycles. The molecule has 0 aliphatic heterocycles. The van der Waals surface area contributed by atoms with Gasteiger partial charge < -0.3 is 26.8 Å². The number of esters is 1. The van der Waals surface area contributed by atoms with Crippen molar-refractivity contribution < 1.29 is 19.1 Å². The Labute approximate surface area is 296 Å². The highest BCUT2D eigenvalue weighted by Gasteiger charge is 2.23. The molecule has 8 nitrogen and oxygen atoms in total. The maximum atomic E-state index is 12.6. The van der Waals surface area contributed by atoms with E-state index in [1.54, 1.807) is 0 Å². The van der Waals surface area contributed by atoms with Crippen molar-refractivity contribution in [1.82, 2.24) is 10.6 Å². The molecule has 0 radical (unpaired) electrons. The highest BCUT2D eigenvalue weighted by atomic mass is 16.6. The quantitative estimate of drug-likeness (QED) is 0.0805. The Morgan fingerprint density at radius 1 is 0.796 bits per heavy atom. The first-order chi connectivity index (χ1) is 23.2. The number of nitrogens with one attached hydrogen (secondary N) is 2. The second kappa shape index (κ2) is 21.8. The van der Waals surface area contributed by atoms with Gasteiger partial charge in [0.15, 0.2) is 0 Å². The summed E-state index contributed by atoms with van der Waals surface area (Å²) in [7, 11) is 0. The van der Waals surface area contributed by atoms with E-state index in [-0.39, 0.29) is 23.7 Å². The summed E-state index contributed by atoms with van der Waals surface area (Å²) in [6.07, 6.45) is 8.50. The Morgan fingerprint density at radius 3 is 2.04 bits per heavy atom. The third-order valence-corrected chi connectivity index (χ3v) is 8.59. The minimum atomic E-state index is -0.638. The van der Waals surface area contributed by atoms with Gasteiger partial charge in [-0.25, -0.2) is 0 Å². The smallest absolute Gasteiger partial charge is 0.323 e. The summed E-state index contributed by atoms with van der Waals surface area (Å²) in [5.74, 6) is 0.871. The van der Waals surface area contributed by atoms with Crippen LogP contribution in [-0.4, -0.2) is 49.1 Å². The molecule has 0 bridgehead atoms. The molecule has 1 unspecified atom stereocenters. The number of carbonyl (C=O) groups is 3. The second-order valence-corrected chi connectivity index (χ2v) is 15.3. The number of ether oxygens (including phenoxy) is 1. The van der Waals surface area contributed by atoms with Gasteiger partial charge in [-0.05, 0) is 118 Å². The molecule has 49 heavy (non-hydrogen) atoms. The summed E-state index contributed by atoms with van der Waals surface area (Å²) < 4.78 is 5.34. The van der Waals surface area contributed by atoms with E-state index >= 15 is 0 Å². The first-order valence-corrected chi connectivity index (χ1v) is 18.6. The van der Waals surface area contributed by atoms with Crippen LogP contribution in [0.4, 0.5) is 0 Å². The fraction of sp³-hybridized carbons (Fsp3) is 0.634. The fourth-order valence-corrected chi connectivity index (χ4v) is 6.16. The molecule has 2 atom stereocenters. The summed E-state index contributed by atoms with van der Waals surface area (Å²) in [4.78, 5) is 37.1. The highest BCUT2D eigenvalue weighted by molar-refractivity contribution is 5.78. The molecule has 6 N–H and O–H groups in total. The zero-order chi connectivity index (χ0) is 36.4. The van der Waals surface area contributed by atoms with E-state index in [9.17, 15) is 14.4 Å². The maximum Gasteiger partial charge on any atom is 0.323 e. The number of carbonyl (C=O) groups excluding carboxylic acids is 3. The number of aryl methyl sites for hydroxylation is 1. The van der Waals surface area contributed by atoms with Crippen LogP contribution in [-0.2, 0) is 38.4 Å². The third kappa shape index (κ3) is 16.8. The van der Waals surface area contributed by atoms with Gasteiger partial charge in [0.1, 0.15) is 11.6 Å². The van der Waals surface area contributed by atoms with Crippen LogP contribution in [0.15, 0.2) is 42.5 Å². The lowest BCUT2D eigenvalue weighted by Gasteiger charge is -2.26. The number of hydrogen-bond donors (Lipinski definition) is 4. The van der Waals surface area contributed by atoms with E-state index in [0.29, 0.717) is 50.7 Å². The molecule has 0 aliphatic rings. The van der Waals surface area contributed by atoms with Crippen LogP contribution in [0.5, 0.6) is 0 Å². The zero-order valence-electron chi connectivity index (χ0n) is 31.5. The second-order valence-electron chi connectivity index (χ2n) is 15.3. The normalized spacial score (nSPS) is 13.0. The van der Waals surface area contributed by atoms with Gasteiger partial charge in [0.2, 0.25) is 11.8 Å². The number of hydrogen-bond acceptors (Lipinski definition) is 6.